The Morgan fingerprint density at radius 1 is 1.19 bits per heavy atom. The van der Waals surface area contributed by atoms with Crippen LogP contribution < -0.4 is 5.32 Å². The van der Waals surface area contributed by atoms with Gasteiger partial charge in [-0.1, -0.05) is 42.5 Å². The Labute approximate surface area is 156 Å². The predicted molar refractivity (Wildman–Crippen MR) is 101 cm³/mol. The topological polar surface area (TPSA) is 98.5 Å². The molecular weight excluding hydrogens is 348 g/mol. The Bertz CT molecular complexity index is 833. The van der Waals surface area contributed by atoms with Crippen molar-refractivity contribution in [2.75, 3.05) is 6.54 Å². The molecule has 0 aliphatic heterocycles. The maximum Gasteiger partial charge on any atom is 0.308 e. The zero-order chi connectivity index (χ0) is 19.6. The molecule has 2 aromatic carbocycles. The summed E-state index contributed by atoms with van der Waals surface area (Å²) in [5, 5.41) is 13.4. The fourth-order valence-corrected chi connectivity index (χ4v) is 2.30. The number of rotatable bonds is 8. The summed E-state index contributed by atoms with van der Waals surface area (Å²) in [6.07, 6.45) is 2.46. The molecular formula is C20H20N2O5. The monoisotopic (exact) mass is 368 g/mol. The van der Waals surface area contributed by atoms with Gasteiger partial charge in [0, 0.05) is 24.8 Å². The number of non-ortho nitro benzene ring substituents is 1. The van der Waals surface area contributed by atoms with E-state index in [1.54, 1.807) is 19.1 Å². The number of nitro groups is 1. The number of nitrogens with one attached hydrogen (secondary N) is 1. The zero-order valence-corrected chi connectivity index (χ0v) is 14.8. The third kappa shape index (κ3) is 6.74. The van der Waals surface area contributed by atoms with Crippen LogP contribution in [0.4, 0.5) is 5.69 Å². The van der Waals surface area contributed by atoms with Crippen molar-refractivity contribution in [3.63, 3.8) is 0 Å². The third-order valence-corrected chi connectivity index (χ3v) is 3.71. The molecule has 1 N–H and O–H groups in total. The quantitative estimate of drug-likeness (QED) is 0.333. The van der Waals surface area contributed by atoms with Crippen molar-refractivity contribution in [2.45, 2.75) is 19.4 Å². The fraction of sp³-hybridized carbons (Fsp3) is 0.200. The average Bonchev–Trinajstić information content (AvgIpc) is 2.67. The van der Waals surface area contributed by atoms with Crippen LogP contribution in [0.1, 0.15) is 30.6 Å². The van der Waals surface area contributed by atoms with Crippen LogP contribution in [0.3, 0.4) is 0 Å². The van der Waals surface area contributed by atoms with Gasteiger partial charge < -0.3 is 10.1 Å². The second-order valence-corrected chi connectivity index (χ2v) is 5.77. The SMILES string of the molecule is C[C@H](OC(=O)CCNC(=O)/C=C/c1ccccc1)c1cccc([N+](=O)[O-])c1. The molecule has 7 heteroatoms. The summed E-state index contributed by atoms with van der Waals surface area (Å²) in [4.78, 5) is 33.9. The van der Waals surface area contributed by atoms with Gasteiger partial charge in [-0.05, 0) is 24.1 Å². The number of amides is 1. The van der Waals surface area contributed by atoms with Crippen LogP contribution in [-0.2, 0) is 14.3 Å². The summed E-state index contributed by atoms with van der Waals surface area (Å²) in [5.41, 5.74) is 1.37. The minimum absolute atomic E-state index is 0.00415. The lowest BCUT2D eigenvalue weighted by Gasteiger charge is -2.13. The summed E-state index contributed by atoms with van der Waals surface area (Å²) < 4.78 is 5.25. The van der Waals surface area contributed by atoms with Crippen molar-refractivity contribution in [3.05, 3.63) is 81.9 Å². The summed E-state index contributed by atoms with van der Waals surface area (Å²) >= 11 is 0. The molecule has 27 heavy (non-hydrogen) atoms. The van der Waals surface area contributed by atoms with Crippen LogP contribution in [0.25, 0.3) is 6.08 Å². The van der Waals surface area contributed by atoms with E-state index in [2.05, 4.69) is 5.32 Å². The van der Waals surface area contributed by atoms with Crippen molar-refractivity contribution in [1.29, 1.82) is 0 Å². The van der Waals surface area contributed by atoms with E-state index in [1.807, 2.05) is 30.3 Å². The molecule has 1 atom stereocenters. The number of carbonyl (C=O) groups excluding carboxylic acids is 2. The van der Waals surface area contributed by atoms with Crippen molar-refractivity contribution in [1.82, 2.24) is 5.32 Å². The van der Waals surface area contributed by atoms with E-state index in [9.17, 15) is 19.7 Å². The highest BCUT2D eigenvalue weighted by atomic mass is 16.6. The summed E-state index contributed by atoms with van der Waals surface area (Å²) in [6, 6.07) is 15.3. The minimum atomic E-state index is -0.619. The Balaban J connectivity index is 1.75. The molecule has 0 saturated heterocycles. The van der Waals surface area contributed by atoms with Crippen LogP contribution in [-0.4, -0.2) is 23.3 Å². The Morgan fingerprint density at radius 3 is 2.63 bits per heavy atom. The molecule has 0 radical (unpaired) electrons. The second kappa shape index (κ2) is 9.86. The van der Waals surface area contributed by atoms with Gasteiger partial charge in [0.25, 0.3) is 5.69 Å². The van der Waals surface area contributed by atoms with Crippen molar-refractivity contribution >= 4 is 23.6 Å². The molecule has 7 nitrogen and oxygen atoms in total. The molecule has 140 valence electrons. The molecule has 0 unspecified atom stereocenters. The third-order valence-electron chi connectivity index (χ3n) is 3.71. The van der Waals surface area contributed by atoms with Gasteiger partial charge in [0.1, 0.15) is 6.10 Å². The highest BCUT2D eigenvalue weighted by Crippen LogP contribution is 2.21. The number of hydrogen-bond acceptors (Lipinski definition) is 5. The van der Waals surface area contributed by atoms with Crippen LogP contribution in [0, 0.1) is 10.1 Å². The highest BCUT2D eigenvalue weighted by Gasteiger charge is 2.15. The molecule has 0 saturated carbocycles. The molecule has 2 rings (SSSR count). The number of benzene rings is 2. The van der Waals surface area contributed by atoms with Gasteiger partial charge in [-0.25, -0.2) is 0 Å². The van der Waals surface area contributed by atoms with E-state index in [1.165, 1.54) is 24.3 Å². The summed E-state index contributed by atoms with van der Waals surface area (Å²) in [6.45, 7) is 1.77. The number of nitro benzene ring substituents is 1. The van der Waals surface area contributed by atoms with Gasteiger partial charge in [-0.15, -0.1) is 0 Å². The first-order valence-corrected chi connectivity index (χ1v) is 8.40. The molecule has 1 amide bonds. The Morgan fingerprint density at radius 2 is 1.93 bits per heavy atom. The largest absolute Gasteiger partial charge is 0.458 e. The number of carbonyl (C=O) groups is 2. The average molecular weight is 368 g/mol. The highest BCUT2D eigenvalue weighted by molar-refractivity contribution is 5.91. The molecule has 0 spiro atoms. The van der Waals surface area contributed by atoms with E-state index in [0.717, 1.165) is 5.56 Å². The van der Waals surface area contributed by atoms with Crippen LogP contribution >= 0.6 is 0 Å². The number of esters is 1. The number of hydrogen-bond donors (Lipinski definition) is 1. The first kappa shape index (κ1) is 19.8. The molecule has 0 aliphatic rings. The first-order valence-electron chi connectivity index (χ1n) is 8.40. The van der Waals surface area contributed by atoms with E-state index >= 15 is 0 Å². The van der Waals surface area contributed by atoms with Gasteiger partial charge in [0.15, 0.2) is 0 Å². The maximum atomic E-state index is 11.9. The summed E-state index contributed by atoms with van der Waals surface area (Å²) in [7, 11) is 0. The van der Waals surface area contributed by atoms with Gasteiger partial charge in [0.2, 0.25) is 5.91 Å². The normalized spacial score (nSPS) is 11.7. The van der Waals surface area contributed by atoms with E-state index in [4.69, 9.17) is 4.74 Å². The molecule has 0 aromatic heterocycles. The number of nitrogens with zero attached hydrogens (tertiary/aromatic N) is 1. The first-order chi connectivity index (χ1) is 13.0. The lowest BCUT2D eigenvalue weighted by molar-refractivity contribution is -0.385. The number of ether oxygens (including phenoxy) is 1. The Hall–Kier alpha value is -3.48. The minimum Gasteiger partial charge on any atom is -0.458 e. The van der Waals surface area contributed by atoms with Gasteiger partial charge >= 0.3 is 5.97 Å². The second-order valence-electron chi connectivity index (χ2n) is 5.77. The molecule has 0 heterocycles. The van der Waals surface area contributed by atoms with Crippen LogP contribution in [0.5, 0.6) is 0 Å². The zero-order valence-electron chi connectivity index (χ0n) is 14.8. The van der Waals surface area contributed by atoms with Crippen molar-refractivity contribution in [3.8, 4) is 0 Å². The Kier molecular flexibility index (Phi) is 7.25. The van der Waals surface area contributed by atoms with Crippen molar-refractivity contribution in [2.24, 2.45) is 0 Å². The van der Waals surface area contributed by atoms with E-state index < -0.39 is 17.0 Å². The lowest BCUT2D eigenvalue weighted by Crippen LogP contribution is -2.25. The van der Waals surface area contributed by atoms with Crippen LogP contribution in [0.15, 0.2) is 60.7 Å². The van der Waals surface area contributed by atoms with Gasteiger partial charge in [-0.3, -0.25) is 19.7 Å². The van der Waals surface area contributed by atoms with E-state index in [0.29, 0.717) is 5.56 Å². The smallest absolute Gasteiger partial charge is 0.308 e. The molecule has 2 aromatic rings. The van der Waals surface area contributed by atoms with Crippen LogP contribution in [0.2, 0.25) is 0 Å². The predicted octanol–water partition coefficient (Wildman–Crippen LogP) is 3.42. The summed E-state index contributed by atoms with van der Waals surface area (Å²) in [5.74, 6) is -0.806. The molecule has 0 fully saturated rings. The maximum absolute atomic E-state index is 11.9. The fourth-order valence-electron chi connectivity index (χ4n) is 2.30. The lowest BCUT2D eigenvalue weighted by atomic mass is 10.1. The van der Waals surface area contributed by atoms with Gasteiger partial charge in [-0.2, -0.15) is 0 Å². The van der Waals surface area contributed by atoms with Gasteiger partial charge in [0.05, 0.1) is 11.3 Å². The molecule has 0 aliphatic carbocycles. The van der Waals surface area contributed by atoms with E-state index in [-0.39, 0.29) is 24.6 Å². The molecule has 0 bridgehead atoms. The standard InChI is InChI=1S/C20H20N2O5/c1-15(17-8-5-9-18(14-17)22(25)26)27-20(24)12-13-21-19(23)11-10-16-6-3-2-4-7-16/h2-11,14-15H,12-13H2,1H3,(H,21,23)/b11-10+/t15-/m0/s1. The van der Waals surface area contributed by atoms with Crippen molar-refractivity contribution < 1.29 is 19.2 Å².